The summed E-state index contributed by atoms with van der Waals surface area (Å²) in [6.07, 6.45) is 5.58. The third kappa shape index (κ3) is 6.43. The molecule has 0 fully saturated rings. The van der Waals surface area contributed by atoms with Crippen LogP contribution in [0.2, 0.25) is 0 Å². The molecule has 1 unspecified atom stereocenters. The zero-order valence-corrected chi connectivity index (χ0v) is 32.3. The smallest absolute Gasteiger partial charge is 0.509 e. The van der Waals surface area contributed by atoms with Gasteiger partial charge < -0.3 is 9.30 Å². The number of hydrogen-bond donors (Lipinski definition) is 0. The zero-order valence-electron chi connectivity index (χ0n) is 30.0. The van der Waals surface area contributed by atoms with Gasteiger partial charge in [-0.1, -0.05) is 70.0 Å². The van der Waals surface area contributed by atoms with Crippen LogP contribution in [0, 0.1) is 50.7 Å². The van der Waals surface area contributed by atoms with Gasteiger partial charge in [-0.3, -0.25) is 4.68 Å². The quantitative estimate of drug-likeness (QED) is 0.119. The molecule has 254 valence electrons. The number of aromatic nitrogens is 4. The first-order chi connectivity index (χ1) is 23.0. The summed E-state index contributed by atoms with van der Waals surface area (Å²) in [7, 11) is 0. The molecule has 6 heteroatoms. The molecule has 0 N–H and O–H groups in total. The van der Waals surface area contributed by atoms with Gasteiger partial charge in [0.25, 0.3) is 0 Å². The number of aryl methyl sites for hydroxylation is 2. The van der Waals surface area contributed by atoms with Crippen molar-refractivity contribution in [1.82, 2.24) is 19.3 Å². The molecule has 0 amide bonds. The van der Waals surface area contributed by atoms with E-state index < -0.39 is 0 Å². The maximum atomic E-state index is 6.62. The molecule has 3 atom stereocenters. The van der Waals surface area contributed by atoms with Crippen molar-refractivity contribution >= 4 is 21.8 Å². The minimum atomic E-state index is 0. The molecular formula is C43H46N4OPt. The van der Waals surface area contributed by atoms with Crippen molar-refractivity contribution in [2.24, 2.45) is 17.8 Å². The van der Waals surface area contributed by atoms with E-state index in [0.29, 0.717) is 41.1 Å². The molecule has 0 bridgehead atoms. The molecule has 3 aromatic heterocycles. The van der Waals surface area contributed by atoms with Gasteiger partial charge in [-0.25, -0.2) is 4.98 Å². The minimum absolute atomic E-state index is 0. The van der Waals surface area contributed by atoms with Crippen molar-refractivity contribution in [3.63, 3.8) is 0 Å². The molecule has 1 aliphatic rings. The van der Waals surface area contributed by atoms with Gasteiger partial charge in [0.1, 0.15) is 5.82 Å². The molecular weight excluding hydrogens is 784 g/mol. The number of nitrogens with zero attached hydrogens (tertiary/aromatic N) is 4. The van der Waals surface area contributed by atoms with Crippen LogP contribution in [0.4, 0.5) is 0 Å². The summed E-state index contributed by atoms with van der Waals surface area (Å²) < 4.78 is 10.9. The van der Waals surface area contributed by atoms with Crippen LogP contribution in [0.1, 0.15) is 87.9 Å². The molecule has 0 spiro atoms. The van der Waals surface area contributed by atoms with Crippen LogP contribution in [0.5, 0.6) is 11.5 Å². The third-order valence-corrected chi connectivity index (χ3v) is 10.3. The SMILES string of the molecule is CC1=C[C@H](C(C)C)C[C@H](C)C1c1c(C)nn(-c2[c-]c(Oc3[c-]c4c(cc3)c3ccccc3n4-c3cc(C)ccn3)cc(C(C)C)c2)c1C.[Pt+2]. The number of benzene rings is 3. The molecule has 6 aromatic rings. The van der Waals surface area contributed by atoms with E-state index in [2.05, 4.69) is 138 Å². The van der Waals surface area contributed by atoms with Gasteiger partial charge in [0.05, 0.1) is 5.69 Å². The topological polar surface area (TPSA) is 44.9 Å². The largest absolute Gasteiger partial charge is 2.00 e. The van der Waals surface area contributed by atoms with Crippen molar-refractivity contribution in [3.8, 4) is 23.0 Å². The van der Waals surface area contributed by atoms with E-state index in [0.717, 1.165) is 44.6 Å². The number of ether oxygens (including phenoxy) is 1. The zero-order chi connectivity index (χ0) is 33.9. The van der Waals surface area contributed by atoms with Crippen LogP contribution >= 0.6 is 0 Å². The molecule has 49 heavy (non-hydrogen) atoms. The number of allylic oxidation sites excluding steroid dienone is 2. The Labute approximate surface area is 305 Å². The van der Waals surface area contributed by atoms with E-state index in [1.165, 1.54) is 28.8 Å². The van der Waals surface area contributed by atoms with Gasteiger partial charge in [-0.2, -0.15) is 11.2 Å². The molecule has 7 rings (SSSR count). The van der Waals surface area contributed by atoms with Crippen molar-refractivity contribution in [2.45, 2.75) is 80.6 Å². The second-order valence-corrected chi connectivity index (χ2v) is 14.6. The second kappa shape index (κ2) is 13.8. The molecule has 3 aromatic carbocycles. The van der Waals surface area contributed by atoms with Crippen LogP contribution < -0.4 is 4.74 Å². The summed E-state index contributed by atoms with van der Waals surface area (Å²) in [5.74, 6) is 4.66. The Hall–Kier alpha value is -3.95. The molecule has 1 aliphatic carbocycles. The predicted octanol–water partition coefficient (Wildman–Crippen LogP) is 11.1. The summed E-state index contributed by atoms with van der Waals surface area (Å²) in [5.41, 5.74) is 10.3. The number of fused-ring (bicyclic) bond motifs is 3. The summed E-state index contributed by atoms with van der Waals surface area (Å²) in [5, 5.41) is 7.40. The van der Waals surface area contributed by atoms with Gasteiger partial charge >= 0.3 is 21.1 Å². The number of rotatable bonds is 7. The molecule has 0 radical (unpaired) electrons. The Balaban J connectivity index is 0.00000417. The maximum Gasteiger partial charge on any atom is 2.00 e. The molecule has 0 saturated carbocycles. The Morgan fingerprint density at radius 3 is 2.37 bits per heavy atom. The summed E-state index contributed by atoms with van der Waals surface area (Å²) in [6, 6.07) is 28.2. The van der Waals surface area contributed by atoms with E-state index >= 15 is 0 Å². The van der Waals surface area contributed by atoms with Crippen molar-refractivity contribution in [2.75, 3.05) is 0 Å². The Morgan fingerprint density at radius 1 is 0.878 bits per heavy atom. The van der Waals surface area contributed by atoms with Crippen LogP contribution in [-0.4, -0.2) is 19.3 Å². The van der Waals surface area contributed by atoms with Crippen LogP contribution in [0.15, 0.2) is 78.5 Å². The molecule has 0 saturated heterocycles. The van der Waals surface area contributed by atoms with Gasteiger partial charge in [-0.15, -0.1) is 41.3 Å². The van der Waals surface area contributed by atoms with Gasteiger partial charge in [0.15, 0.2) is 0 Å². The maximum absolute atomic E-state index is 6.62. The van der Waals surface area contributed by atoms with E-state index in [1.807, 2.05) is 18.3 Å². The standard InChI is InChI=1S/C43H46N4O.Pt/c1-25(2)32-19-28(6)42(29(7)20-32)43-30(8)45-47(31(43)9)34-21-33(26(3)4)22-36(23-34)48-35-14-15-38-37-12-10-11-13-39(37)46(40(38)24-35)41-18-27(5)16-17-44-41;/h10-19,21-22,25-26,29,32,42H,20H2,1-9H3;/q-2;+2/t29-,32-,42?;/m0./s1. The fourth-order valence-corrected chi connectivity index (χ4v) is 7.82. The normalized spacial score (nSPS) is 17.9. The first-order valence-corrected chi connectivity index (χ1v) is 17.4. The number of pyridine rings is 1. The average molecular weight is 830 g/mol. The predicted molar refractivity (Wildman–Crippen MR) is 197 cm³/mol. The van der Waals surface area contributed by atoms with Gasteiger partial charge in [-0.05, 0) is 92.6 Å². The van der Waals surface area contributed by atoms with Gasteiger partial charge in [0, 0.05) is 40.4 Å². The summed E-state index contributed by atoms with van der Waals surface area (Å²) >= 11 is 0. The Bertz CT molecular complexity index is 2190. The molecule has 0 aliphatic heterocycles. The first-order valence-electron chi connectivity index (χ1n) is 17.4. The van der Waals surface area contributed by atoms with E-state index in [9.17, 15) is 0 Å². The van der Waals surface area contributed by atoms with E-state index in [-0.39, 0.29) is 21.1 Å². The third-order valence-electron chi connectivity index (χ3n) is 10.3. The minimum Gasteiger partial charge on any atom is -0.509 e. The van der Waals surface area contributed by atoms with Crippen LogP contribution in [0.3, 0.4) is 0 Å². The van der Waals surface area contributed by atoms with E-state index in [4.69, 9.17) is 14.8 Å². The average Bonchev–Trinajstić information content (AvgIpc) is 3.53. The number of hydrogen-bond acceptors (Lipinski definition) is 3. The van der Waals surface area contributed by atoms with Crippen LogP contribution in [0.25, 0.3) is 33.3 Å². The van der Waals surface area contributed by atoms with Crippen LogP contribution in [-0.2, 0) is 21.1 Å². The Morgan fingerprint density at radius 2 is 1.65 bits per heavy atom. The summed E-state index contributed by atoms with van der Waals surface area (Å²) in [4.78, 5) is 4.73. The Kier molecular flexibility index (Phi) is 9.79. The molecule has 3 heterocycles. The number of para-hydroxylation sites is 1. The van der Waals surface area contributed by atoms with Crippen molar-refractivity contribution in [3.05, 3.63) is 119 Å². The first kappa shape index (κ1) is 34.9. The van der Waals surface area contributed by atoms with Crippen molar-refractivity contribution < 1.29 is 25.8 Å². The molecule has 5 nitrogen and oxygen atoms in total. The second-order valence-electron chi connectivity index (χ2n) is 14.6. The van der Waals surface area contributed by atoms with Crippen molar-refractivity contribution in [1.29, 1.82) is 0 Å². The van der Waals surface area contributed by atoms with E-state index in [1.54, 1.807) is 0 Å². The fourth-order valence-electron chi connectivity index (χ4n) is 7.82. The summed E-state index contributed by atoms with van der Waals surface area (Å²) in [6.45, 7) is 20.3. The monoisotopic (exact) mass is 829 g/mol. The fraction of sp³-hybridized carbons (Fsp3) is 0.349. The van der Waals surface area contributed by atoms with Gasteiger partial charge in [0.2, 0.25) is 0 Å².